The van der Waals surface area contributed by atoms with Crippen LogP contribution in [0.4, 0.5) is 0 Å². The lowest BCUT2D eigenvalue weighted by molar-refractivity contribution is -0.121. The molecule has 1 aromatic rings. The summed E-state index contributed by atoms with van der Waals surface area (Å²) in [5, 5.41) is 6.83. The minimum atomic E-state index is -3.56. The number of nitrogens with zero attached hydrogens (tertiary/aromatic N) is 3. The summed E-state index contributed by atoms with van der Waals surface area (Å²) in [6.07, 6.45) is 0. The SMILES string of the molecule is CCNC(=O)Cn1nc(C)c(S(=O)(=O)N(C)CC)c1C. The van der Waals surface area contributed by atoms with Gasteiger partial charge < -0.3 is 5.32 Å². The van der Waals surface area contributed by atoms with E-state index in [1.165, 1.54) is 16.0 Å². The Morgan fingerprint density at radius 1 is 1.35 bits per heavy atom. The minimum absolute atomic E-state index is 0.0197. The number of sulfonamides is 1. The highest BCUT2D eigenvalue weighted by Gasteiger charge is 2.28. The first kappa shape index (κ1) is 16.6. The zero-order valence-electron chi connectivity index (χ0n) is 12.6. The molecule has 0 unspecified atom stereocenters. The van der Waals surface area contributed by atoms with Gasteiger partial charge in [0.2, 0.25) is 15.9 Å². The van der Waals surface area contributed by atoms with Gasteiger partial charge in [0, 0.05) is 20.1 Å². The van der Waals surface area contributed by atoms with Gasteiger partial charge in [-0.25, -0.2) is 12.7 Å². The van der Waals surface area contributed by atoms with Crippen molar-refractivity contribution in [2.45, 2.75) is 39.1 Å². The summed E-state index contributed by atoms with van der Waals surface area (Å²) >= 11 is 0. The first-order valence-corrected chi connectivity index (χ1v) is 7.96. The molecule has 1 rings (SSSR count). The lowest BCUT2D eigenvalue weighted by atomic mass is 10.4. The van der Waals surface area contributed by atoms with Gasteiger partial charge in [0.25, 0.3) is 0 Å². The van der Waals surface area contributed by atoms with Crippen LogP contribution >= 0.6 is 0 Å². The van der Waals surface area contributed by atoms with Crippen LogP contribution in [0.2, 0.25) is 0 Å². The topological polar surface area (TPSA) is 84.3 Å². The summed E-state index contributed by atoms with van der Waals surface area (Å²) in [5.74, 6) is -0.189. The Morgan fingerprint density at radius 3 is 2.45 bits per heavy atom. The van der Waals surface area contributed by atoms with E-state index in [4.69, 9.17) is 0 Å². The maximum atomic E-state index is 12.4. The van der Waals surface area contributed by atoms with Gasteiger partial charge in [0.05, 0.1) is 11.4 Å². The number of amides is 1. The number of aryl methyl sites for hydroxylation is 1. The number of likely N-dealkylation sites (N-methyl/N-ethyl adjacent to an activating group) is 1. The molecule has 7 nitrogen and oxygen atoms in total. The van der Waals surface area contributed by atoms with Gasteiger partial charge in [-0.1, -0.05) is 6.92 Å². The van der Waals surface area contributed by atoms with Gasteiger partial charge in [-0.15, -0.1) is 0 Å². The van der Waals surface area contributed by atoms with E-state index in [0.717, 1.165) is 0 Å². The highest BCUT2D eigenvalue weighted by molar-refractivity contribution is 7.89. The molecule has 0 aliphatic carbocycles. The fourth-order valence-electron chi connectivity index (χ4n) is 1.92. The number of carbonyl (C=O) groups excluding carboxylic acids is 1. The smallest absolute Gasteiger partial charge is 0.246 e. The standard InChI is InChI=1S/C12H22N4O3S/c1-6-13-11(17)8-16-10(4)12(9(3)14-16)20(18,19)15(5)7-2/h6-8H2,1-5H3,(H,13,17). The third-order valence-electron chi connectivity index (χ3n) is 3.10. The third kappa shape index (κ3) is 3.18. The zero-order valence-corrected chi connectivity index (χ0v) is 13.4. The molecule has 20 heavy (non-hydrogen) atoms. The van der Waals surface area contributed by atoms with Crippen molar-refractivity contribution >= 4 is 15.9 Å². The molecule has 0 aromatic carbocycles. The summed E-state index contributed by atoms with van der Waals surface area (Å²) in [6, 6.07) is 0. The van der Waals surface area contributed by atoms with Crippen molar-refractivity contribution < 1.29 is 13.2 Å². The second-order valence-electron chi connectivity index (χ2n) is 4.53. The van der Waals surface area contributed by atoms with E-state index in [9.17, 15) is 13.2 Å². The molecule has 0 atom stereocenters. The molecule has 0 aliphatic rings. The normalized spacial score (nSPS) is 11.9. The third-order valence-corrected chi connectivity index (χ3v) is 5.28. The van der Waals surface area contributed by atoms with Gasteiger partial charge in [-0.2, -0.15) is 5.10 Å². The monoisotopic (exact) mass is 302 g/mol. The maximum Gasteiger partial charge on any atom is 0.246 e. The average Bonchev–Trinajstić information content (AvgIpc) is 2.63. The van der Waals surface area contributed by atoms with Crippen LogP contribution in [0.3, 0.4) is 0 Å². The molecule has 0 saturated carbocycles. The highest BCUT2D eigenvalue weighted by Crippen LogP contribution is 2.22. The molecule has 1 heterocycles. The Balaban J connectivity index is 3.19. The number of hydrogen-bond donors (Lipinski definition) is 1. The first-order chi connectivity index (χ1) is 9.25. The predicted molar refractivity (Wildman–Crippen MR) is 75.9 cm³/mol. The van der Waals surface area contributed by atoms with Crippen LogP contribution in [0.5, 0.6) is 0 Å². The molecule has 0 aliphatic heterocycles. The first-order valence-electron chi connectivity index (χ1n) is 6.52. The highest BCUT2D eigenvalue weighted by atomic mass is 32.2. The maximum absolute atomic E-state index is 12.4. The molecule has 0 bridgehead atoms. The second-order valence-corrected chi connectivity index (χ2v) is 6.51. The summed E-state index contributed by atoms with van der Waals surface area (Å²) in [4.78, 5) is 11.8. The van der Waals surface area contributed by atoms with Gasteiger partial charge in [0.15, 0.2) is 0 Å². The van der Waals surface area contributed by atoms with Gasteiger partial charge >= 0.3 is 0 Å². The molecular weight excluding hydrogens is 280 g/mol. The van der Waals surface area contributed by atoms with E-state index >= 15 is 0 Å². The number of aromatic nitrogens is 2. The van der Waals surface area contributed by atoms with Crippen LogP contribution < -0.4 is 5.32 Å². The van der Waals surface area contributed by atoms with E-state index in [0.29, 0.717) is 24.5 Å². The van der Waals surface area contributed by atoms with E-state index in [2.05, 4.69) is 10.4 Å². The molecule has 0 fully saturated rings. The van der Waals surface area contributed by atoms with Crippen LogP contribution in [0, 0.1) is 13.8 Å². The minimum Gasteiger partial charge on any atom is -0.355 e. The number of hydrogen-bond acceptors (Lipinski definition) is 4. The van der Waals surface area contributed by atoms with Crippen LogP contribution in [-0.2, 0) is 21.4 Å². The van der Waals surface area contributed by atoms with Crippen molar-refractivity contribution in [2.24, 2.45) is 0 Å². The quantitative estimate of drug-likeness (QED) is 0.818. The molecular formula is C12H22N4O3S. The van der Waals surface area contributed by atoms with E-state index in [1.54, 1.807) is 20.8 Å². The summed E-state index contributed by atoms with van der Waals surface area (Å²) in [7, 11) is -2.04. The fraction of sp³-hybridized carbons (Fsp3) is 0.667. The van der Waals surface area contributed by atoms with Gasteiger partial charge in [0.1, 0.15) is 11.4 Å². The van der Waals surface area contributed by atoms with Crippen molar-refractivity contribution in [1.82, 2.24) is 19.4 Å². The molecule has 0 saturated heterocycles. The molecule has 114 valence electrons. The molecule has 1 N–H and O–H groups in total. The van der Waals surface area contributed by atoms with Crippen molar-refractivity contribution in [3.05, 3.63) is 11.4 Å². The predicted octanol–water partition coefficient (Wildman–Crippen LogP) is 0.276. The van der Waals surface area contributed by atoms with E-state index in [-0.39, 0.29) is 17.3 Å². The Morgan fingerprint density at radius 2 is 1.95 bits per heavy atom. The molecule has 1 aromatic heterocycles. The molecule has 8 heteroatoms. The van der Waals surface area contributed by atoms with Crippen molar-refractivity contribution in [3.63, 3.8) is 0 Å². The van der Waals surface area contributed by atoms with Crippen LogP contribution in [0.25, 0.3) is 0 Å². The Labute approximate surface area is 120 Å². The molecule has 0 radical (unpaired) electrons. The molecule has 1 amide bonds. The van der Waals surface area contributed by atoms with Crippen molar-refractivity contribution in [2.75, 3.05) is 20.1 Å². The zero-order chi connectivity index (χ0) is 15.5. The van der Waals surface area contributed by atoms with Gasteiger partial charge in [-0.05, 0) is 20.8 Å². The summed E-state index contributed by atoms with van der Waals surface area (Å²) < 4.78 is 27.5. The lowest BCUT2D eigenvalue weighted by Gasteiger charge is -2.15. The van der Waals surface area contributed by atoms with E-state index in [1.807, 2.05) is 6.92 Å². The second kappa shape index (κ2) is 6.36. The Hall–Kier alpha value is -1.41. The summed E-state index contributed by atoms with van der Waals surface area (Å²) in [5.41, 5.74) is 0.890. The number of carbonyl (C=O) groups is 1. The van der Waals surface area contributed by atoms with Gasteiger partial charge in [-0.3, -0.25) is 9.48 Å². The van der Waals surface area contributed by atoms with E-state index < -0.39 is 10.0 Å². The fourth-order valence-corrected chi connectivity index (χ4v) is 3.47. The largest absolute Gasteiger partial charge is 0.355 e. The van der Waals surface area contributed by atoms with Crippen molar-refractivity contribution in [3.8, 4) is 0 Å². The molecule has 0 spiro atoms. The lowest BCUT2D eigenvalue weighted by Crippen LogP contribution is -2.29. The number of rotatable bonds is 6. The Kier molecular flexibility index (Phi) is 5.29. The summed E-state index contributed by atoms with van der Waals surface area (Å²) in [6.45, 7) is 7.82. The van der Waals surface area contributed by atoms with Crippen molar-refractivity contribution in [1.29, 1.82) is 0 Å². The van der Waals surface area contributed by atoms with Crippen LogP contribution in [-0.4, -0.2) is 48.5 Å². The average molecular weight is 302 g/mol. The van der Waals surface area contributed by atoms with Crippen LogP contribution in [0.15, 0.2) is 4.90 Å². The Bertz CT molecular complexity index is 592. The van der Waals surface area contributed by atoms with Crippen LogP contribution in [0.1, 0.15) is 25.2 Å². The number of nitrogens with one attached hydrogen (secondary N) is 1.